The van der Waals surface area contributed by atoms with Gasteiger partial charge in [0.25, 0.3) is 0 Å². The molecule has 0 aromatic heterocycles. The number of hydrogen-bond donors (Lipinski definition) is 1. The SMILES string of the molecule is CC(C)CCNc1cc(F)c(F)c(F)c1. The predicted octanol–water partition coefficient (Wildman–Crippen LogP) is 3.56. The zero-order valence-electron chi connectivity index (χ0n) is 8.78. The molecule has 0 atom stereocenters. The van der Waals surface area contributed by atoms with Crippen LogP contribution in [0.5, 0.6) is 0 Å². The Morgan fingerprint density at radius 1 is 1.13 bits per heavy atom. The summed E-state index contributed by atoms with van der Waals surface area (Å²) in [5.41, 5.74) is 0.270. The van der Waals surface area contributed by atoms with E-state index in [2.05, 4.69) is 5.32 Å². The first-order valence-corrected chi connectivity index (χ1v) is 4.89. The summed E-state index contributed by atoms with van der Waals surface area (Å²) < 4.78 is 38.1. The second kappa shape index (κ2) is 5.05. The lowest BCUT2D eigenvalue weighted by atomic mass is 10.1. The van der Waals surface area contributed by atoms with Gasteiger partial charge in [0.05, 0.1) is 0 Å². The Balaban J connectivity index is 2.63. The van der Waals surface area contributed by atoms with Gasteiger partial charge in [0.15, 0.2) is 17.5 Å². The summed E-state index contributed by atoms with van der Waals surface area (Å²) in [5.74, 6) is -3.25. The Morgan fingerprint density at radius 3 is 2.13 bits per heavy atom. The number of hydrogen-bond acceptors (Lipinski definition) is 1. The first-order valence-electron chi connectivity index (χ1n) is 4.89. The average Bonchev–Trinajstić information content (AvgIpc) is 2.13. The monoisotopic (exact) mass is 217 g/mol. The van der Waals surface area contributed by atoms with Crippen molar-refractivity contribution < 1.29 is 13.2 Å². The highest BCUT2D eigenvalue weighted by atomic mass is 19.2. The third-order valence-electron chi connectivity index (χ3n) is 2.03. The molecule has 0 fully saturated rings. The van der Waals surface area contributed by atoms with Crippen LogP contribution in [0, 0.1) is 23.4 Å². The Hall–Kier alpha value is -1.19. The van der Waals surface area contributed by atoms with Gasteiger partial charge in [-0.15, -0.1) is 0 Å². The van der Waals surface area contributed by atoms with E-state index in [0.29, 0.717) is 12.5 Å². The summed E-state index contributed by atoms with van der Waals surface area (Å²) >= 11 is 0. The molecule has 0 heterocycles. The summed E-state index contributed by atoms with van der Waals surface area (Å²) in [6.45, 7) is 4.71. The Labute approximate surface area is 87.3 Å². The lowest BCUT2D eigenvalue weighted by Gasteiger charge is -2.08. The molecule has 0 spiro atoms. The van der Waals surface area contributed by atoms with Crippen molar-refractivity contribution in [3.8, 4) is 0 Å². The van der Waals surface area contributed by atoms with E-state index in [-0.39, 0.29) is 5.69 Å². The molecule has 1 N–H and O–H groups in total. The van der Waals surface area contributed by atoms with Crippen LogP contribution in [0.15, 0.2) is 12.1 Å². The molecular formula is C11H14F3N. The smallest absolute Gasteiger partial charge is 0.194 e. The van der Waals surface area contributed by atoms with Crippen LogP contribution in [0.3, 0.4) is 0 Å². The van der Waals surface area contributed by atoms with Crippen molar-refractivity contribution in [2.24, 2.45) is 5.92 Å². The van der Waals surface area contributed by atoms with Gasteiger partial charge in [-0.25, -0.2) is 13.2 Å². The minimum Gasteiger partial charge on any atom is -0.385 e. The first-order chi connectivity index (χ1) is 7.00. The van der Waals surface area contributed by atoms with Gasteiger partial charge in [0, 0.05) is 24.4 Å². The normalized spacial score (nSPS) is 10.8. The molecule has 0 radical (unpaired) electrons. The van der Waals surface area contributed by atoms with Crippen LogP contribution in [0.1, 0.15) is 20.3 Å². The molecule has 4 heteroatoms. The molecule has 1 aromatic rings. The number of halogens is 3. The van der Waals surface area contributed by atoms with Crippen LogP contribution in [-0.2, 0) is 0 Å². The molecule has 0 aliphatic carbocycles. The molecule has 84 valence electrons. The molecule has 0 amide bonds. The minimum absolute atomic E-state index is 0.270. The van der Waals surface area contributed by atoms with Crippen molar-refractivity contribution in [3.05, 3.63) is 29.6 Å². The zero-order valence-corrected chi connectivity index (χ0v) is 8.78. The molecule has 0 bridgehead atoms. The fraction of sp³-hybridized carbons (Fsp3) is 0.455. The quantitative estimate of drug-likeness (QED) is 0.760. The zero-order chi connectivity index (χ0) is 11.4. The van der Waals surface area contributed by atoms with Gasteiger partial charge >= 0.3 is 0 Å². The van der Waals surface area contributed by atoms with Crippen molar-refractivity contribution >= 4 is 5.69 Å². The summed E-state index contributed by atoms with van der Waals surface area (Å²) in [6, 6.07) is 1.91. The molecule has 15 heavy (non-hydrogen) atoms. The average molecular weight is 217 g/mol. The van der Waals surface area contributed by atoms with E-state index in [0.717, 1.165) is 18.6 Å². The van der Waals surface area contributed by atoms with Crippen molar-refractivity contribution in [3.63, 3.8) is 0 Å². The topological polar surface area (TPSA) is 12.0 Å². The van der Waals surface area contributed by atoms with Crippen molar-refractivity contribution in [1.82, 2.24) is 0 Å². The van der Waals surface area contributed by atoms with Crippen LogP contribution < -0.4 is 5.32 Å². The van der Waals surface area contributed by atoms with Gasteiger partial charge in [-0.3, -0.25) is 0 Å². The van der Waals surface area contributed by atoms with Gasteiger partial charge in [-0.1, -0.05) is 13.8 Å². The second-order valence-electron chi connectivity index (χ2n) is 3.86. The molecule has 0 aliphatic heterocycles. The number of nitrogens with one attached hydrogen (secondary N) is 1. The fourth-order valence-electron chi connectivity index (χ4n) is 1.16. The summed E-state index contributed by atoms with van der Waals surface area (Å²) in [6.07, 6.45) is 0.889. The fourth-order valence-corrected chi connectivity index (χ4v) is 1.16. The van der Waals surface area contributed by atoms with Crippen LogP contribution >= 0.6 is 0 Å². The molecule has 0 aliphatic rings. The maximum Gasteiger partial charge on any atom is 0.194 e. The minimum atomic E-state index is -1.43. The van der Waals surface area contributed by atoms with Crippen LogP contribution in [0.4, 0.5) is 18.9 Å². The Kier molecular flexibility index (Phi) is 4.00. The molecule has 1 aromatic carbocycles. The van der Waals surface area contributed by atoms with Crippen molar-refractivity contribution in [1.29, 1.82) is 0 Å². The third kappa shape index (κ3) is 3.46. The molecule has 0 saturated carbocycles. The Morgan fingerprint density at radius 2 is 1.67 bits per heavy atom. The van der Waals surface area contributed by atoms with Crippen molar-refractivity contribution in [2.75, 3.05) is 11.9 Å². The van der Waals surface area contributed by atoms with E-state index >= 15 is 0 Å². The summed E-state index contributed by atoms with van der Waals surface area (Å²) in [7, 11) is 0. The highest BCUT2D eigenvalue weighted by molar-refractivity contribution is 5.43. The molecular weight excluding hydrogens is 203 g/mol. The number of benzene rings is 1. The van der Waals surface area contributed by atoms with Crippen LogP contribution in [-0.4, -0.2) is 6.54 Å². The second-order valence-corrected chi connectivity index (χ2v) is 3.86. The summed E-state index contributed by atoms with van der Waals surface area (Å²) in [4.78, 5) is 0. The highest BCUT2D eigenvalue weighted by Crippen LogP contribution is 2.17. The molecule has 1 rings (SSSR count). The number of rotatable bonds is 4. The van der Waals surface area contributed by atoms with Crippen molar-refractivity contribution in [2.45, 2.75) is 20.3 Å². The van der Waals surface area contributed by atoms with Gasteiger partial charge < -0.3 is 5.32 Å². The lowest BCUT2D eigenvalue weighted by Crippen LogP contribution is -2.06. The lowest BCUT2D eigenvalue weighted by molar-refractivity contribution is 0.447. The van der Waals surface area contributed by atoms with Gasteiger partial charge in [0.1, 0.15) is 0 Å². The molecule has 0 saturated heterocycles. The van der Waals surface area contributed by atoms with Gasteiger partial charge in [0.2, 0.25) is 0 Å². The van der Waals surface area contributed by atoms with E-state index in [4.69, 9.17) is 0 Å². The van der Waals surface area contributed by atoms with E-state index < -0.39 is 17.5 Å². The Bertz CT molecular complexity index is 314. The van der Waals surface area contributed by atoms with E-state index in [1.807, 2.05) is 13.8 Å². The van der Waals surface area contributed by atoms with E-state index in [1.54, 1.807) is 0 Å². The maximum absolute atomic E-state index is 12.8. The van der Waals surface area contributed by atoms with Crippen LogP contribution in [0.25, 0.3) is 0 Å². The first kappa shape index (κ1) is 11.9. The summed E-state index contributed by atoms with van der Waals surface area (Å²) in [5, 5.41) is 2.84. The third-order valence-corrected chi connectivity index (χ3v) is 2.03. The number of anilines is 1. The molecule has 1 nitrogen and oxygen atoms in total. The predicted molar refractivity (Wildman–Crippen MR) is 54.3 cm³/mol. The van der Waals surface area contributed by atoms with Gasteiger partial charge in [-0.05, 0) is 12.3 Å². The largest absolute Gasteiger partial charge is 0.385 e. The maximum atomic E-state index is 12.8. The molecule has 0 unspecified atom stereocenters. The van der Waals surface area contributed by atoms with E-state index in [1.165, 1.54) is 0 Å². The van der Waals surface area contributed by atoms with E-state index in [9.17, 15) is 13.2 Å². The standard InChI is InChI=1S/C11H14F3N/c1-7(2)3-4-15-8-5-9(12)11(14)10(13)6-8/h5-7,15H,3-4H2,1-2H3. The van der Waals surface area contributed by atoms with Gasteiger partial charge in [-0.2, -0.15) is 0 Å². The van der Waals surface area contributed by atoms with Crippen LogP contribution in [0.2, 0.25) is 0 Å². The highest BCUT2D eigenvalue weighted by Gasteiger charge is 2.09.